The van der Waals surface area contributed by atoms with Crippen LogP contribution in [0.3, 0.4) is 0 Å². The van der Waals surface area contributed by atoms with E-state index in [1.807, 2.05) is 12.1 Å². The van der Waals surface area contributed by atoms with Crippen molar-refractivity contribution in [3.63, 3.8) is 0 Å². The normalized spacial score (nSPS) is 14.5. The lowest BCUT2D eigenvalue weighted by atomic mass is 10.1. The lowest BCUT2D eigenvalue weighted by Gasteiger charge is -2.25. The van der Waals surface area contributed by atoms with Gasteiger partial charge < -0.3 is 5.32 Å². The lowest BCUT2D eigenvalue weighted by Crippen LogP contribution is -2.27. The van der Waals surface area contributed by atoms with Crippen molar-refractivity contribution in [3.05, 3.63) is 35.6 Å². The zero-order valence-electron chi connectivity index (χ0n) is 13.3. The highest BCUT2D eigenvalue weighted by molar-refractivity contribution is 5.20. The zero-order chi connectivity index (χ0) is 15.0. The predicted octanol–water partition coefficient (Wildman–Crippen LogP) is 3.99. The van der Waals surface area contributed by atoms with Crippen LogP contribution in [0.2, 0.25) is 0 Å². The van der Waals surface area contributed by atoms with Gasteiger partial charge in [0.1, 0.15) is 5.82 Å². The molecular formula is C17H29FN2. The Morgan fingerprint density at radius 3 is 2.55 bits per heavy atom. The van der Waals surface area contributed by atoms with Gasteiger partial charge >= 0.3 is 0 Å². The average molecular weight is 280 g/mol. The highest BCUT2D eigenvalue weighted by atomic mass is 19.1. The molecule has 20 heavy (non-hydrogen) atoms. The number of halogens is 1. The van der Waals surface area contributed by atoms with Crippen molar-refractivity contribution in [3.8, 4) is 0 Å². The van der Waals surface area contributed by atoms with Gasteiger partial charge in [-0.15, -0.1) is 0 Å². The Morgan fingerprint density at radius 1 is 1.20 bits per heavy atom. The number of rotatable bonds is 9. The second-order valence-electron chi connectivity index (χ2n) is 5.63. The molecule has 0 aliphatic rings. The minimum atomic E-state index is -0.104. The molecule has 0 heterocycles. The molecule has 3 heteroatoms. The van der Waals surface area contributed by atoms with Crippen LogP contribution in [0.4, 0.5) is 4.39 Å². The Labute approximate surface area is 123 Å². The first-order valence-corrected chi connectivity index (χ1v) is 7.74. The van der Waals surface area contributed by atoms with Gasteiger partial charge in [0.15, 0.2) is 0 Å². The molecule has 114 valence electrons. The van der Waals surface area contributed by atoms with Gasteiger partial charge in [0, 0.05) is 17.6 Å². The Hall–Kier alpha value is -0.930. The largest absolute Gasteiger partial charge is 0.315 e. The van der Waals surface area contributed by atoms with Crippen molar-refractivity contribution in [2.75, 3.05) is 20.1 Å². The van der Waals surface area contributed by atoms with Crippen LogP contribution in [0.25, 0.3) is 0 Å². The predicted molar refractivity (Wildman–Crippen MR) is 84.4 cm³/mol. The zero-order valence-corrected chi connectivity index (χ0v) is 13.3. The summed E-state index contributed by atoms with van der Waals surface area (Å²) in [5, 5.41) is 3.43. The molecule has 1 aromatic rings. The van der Waals surface area contributed by atoms with Crippen LogP contribution in [0.1, 0.15) is 51.6 Å². The summed E-state index contributed by atoms with van der Waals surface area (Å²) >= 11 is 0. The smallest absolute Gasteiger partial charge is 0.127 e. The van der Waals surface area contributed by atoms with Crippen LogP contribution in [-0.4, -0.2) is 31.1 Å². The van der Waals surface area contributed by atoms with E-state index in [2.05, 4.69) is 38.0 Å². The molecule has 1 rings (SSSR count). The van der Waals surface area contributed by atoms with Crippen LogP contribution in [0.5, 0.6) is 0 Å². The molecule has 0 aromatic heterocycles. The quantitative estimate of drug-likeness (QED) is 0.688. The molecular weight excluding hydrogens is 251 g/mol. The van der Waals surface area contributed by atoms with Gasteiger partial charge in [-0.1, -0.05) is 31.5 Å². The van der Waals surface area contributed by atoms with E-state index < -0.39 is 0 Å². The molecule has 0 saturated carbocycles. The number of benzene rings is 1. The molecule has 0 saturated heterocycles. The summed E-state index contributed by atoms with van der Waals surface area (Å²) in [6.07, 6.45) is 3.57. The SMILES string of the molecule is CCNC(C)CCCCN(C)C(C)c1ccccc1F. The lowest BCUT2D eigenvalue weighted by molar-refractivity contribution is 0.249. The van der Waals surface area contributed by atoms with E-state index in [4.69, 9.17) is 0 Å². The van der Waals surface area contributed by atoms with Gasteiger partial charge in [-0.25, -0.2) is 4.39 Å². The maximum atomic E-state index is 13.7. The van der Waals surface area contributed by atoms with Crippen LogP contribution in [0.15, 0.2) is 24.3 Å². The first kappa shape index (κ1) is 17.1. The topological polar surface area (TPSA) is 15.3 Å². The van der Waals surface area contributed by atoms with Gasteiger partial charge in [-0.05, 0) is 52.9 Å². The molecule has 1 N–H and O–H groups in total. The average Bonchev–Trinajstić information content (AvgIpc) is 2.43. The van der Waals surface area contributed by atoms with Crippen molar-refractivity contribution in [1.82, 2.24) is 10.2 Å². The third kappa shape index (κ3) is 5.59. The van der Waals surface area contributed by atoms with Crippen LogP contribution < -0.4 is 5.32 Å². The Kier molecular flexibility index (Phi) is 7.78. The molecule has 2 atom stereocenters. The Bertz CT molecular complexity index is 381. The third-order valence-electron chi connectivity index (χ3n) is 3.97. The molecule has 0 fully saturated rings. The van der Waals surface area contributed by atoms with E-state index in [1.54, 1.807) is 6.07 Å². The summed E-state index contributed by atoms with van der Waals surface area (Å²) < 4.78 is 13.7. The Balaban J connectivity index is 2.32. The van der Waals surface area contributed by atoms with E-state index in [0.29, 0.717) is 6.04 Å². The number of nitrogens with zero attached hydrogens (tertiary/aromatic N) is 1. The van der Waals surface area contributed by atoms with Gasteiger partial charge in [-0.2, -0.15) is 0 Å². The molecule has 2 unspecified atom stereocenters. The number of unbranched alkanes of at least 4 members (excludes halogenated alkanes) is 1. The highest BCUT2D eigenvalue weighted by Crippen LogP contribution is 2.21. The van der Waals surface area contributed by atoms with Crippen molar-refractivity contribution in [2.24, 2.45) is 0 Å². The third-order valence-corrected chi connectivity index (χ3v) is 3.97. The second kappa shape index (κ2) is 9.09. The number of hydrogen-bond acceptors (Lipinski definition) is 2. The molecule has 0 aliphatic carbocycles. The van der Waals surface area contributed by atoms with Crippen LogP contribution >= 0.6 is 0 Å². The maximum absolute atomic E-state index is 13.7. The van der Waals surface area contributed by atoms with Gasteiger partial charge in [0.05, 0.1) is 0 Å². The minimum Gasteiger partial charge on any atom is -0.315 e. The fourth-order valence-corrected chi connectivity index (χ4v) is 2.51. The van der Waals surface area contributed by atoms with E-state index in [9.17, 15) is 4.39 Å². The van der Waals surface area contributed by atoms with Gasteiger partial charge in [-0.3, -0.25) is 4.90 Å². The number of hydrogen-bond donors (Lipinski definition) is 1. The van der Waals surface area contributed by atoms with Crippen LogP contribution in [0, 0.1) is 5.82 Å². The summed E-state index contributed by atoms with van der Waals surface area (Å²) in [5.74, 6) is -0.104. The summed E-state index contributed by atoms with van der Waals surface area (Å²) in [6, 6.07) is 7.78. The van der Waals surface area contributed by atoms with Gasteiger partial charge in [0.2, 0.25) is 0 Å². The first-order chi connectivity index (χ1) is 9.56. The number of nitrogens with one attached hydrogen (secondary N) is 1. The monoisotopic (exact) mass is 280 g/mol. The fourth-order valence-electron chi connectivity index (χ4n) is 2.51. The standard InChI is InChI=1S/C17H29FN2/c1-5-19-14(2)10-8-9-13-20(4)15(3)16-11-6-7-12-17(16)18/h6-7,11-12,14-15,19H,5,8-10,13H2,1-4H3. The first-order valence-electron chi connectivity index (χ1n) is 7.74. The maximum Gasteiger partial charge on any atom is 0.127 e. The summed E-state index contributed by atoms with van der Waals surface area (Å²) in [5.41, 5.74) is 0.788. The molecule has 1 aromatic carbocycles. The molecule has 2 nitrogen and oxygen atoms in total. The van der Waals surface area contributed by atoms with Crippen molar-refractivity contribution >= 4 is 0 Å². The van der Waals surface area contributed by atoms with Gasteiger partial charge in [0.25, 0.3) is 0 Å². The minimum absolute atomic E-state index is 0.104. The second-order valence-corrected chi connectivity index (χ2v) is 5.63. The van der Waals surface area contributed by atoms with E-state index in [1.165, 1.54) is 18.9 Å². The van der Waals surface area contributed by atoms with Crippen LogP contribution in [-0.2, 0) is 0 Å². The van der Waals surface area contributed by atoms with E-state index in [-0.39, 0.29) is 11.9 Å². The van der Waals surface area contributed by atoms with E-state index in [0.717, 1.165) is 25.1 Å². The molecule has 0 bridgehead atoms. The molecule has 0 spiro atoms. The summed E-state index contributed by atoms with van der Waals surface area (Å²) in [7, 11) is 2.07. The van der Waals surface area contributed by atoms with Crippen molar-refractivity contribution < 1.29 is 4.39 Å². The Morgan fingerprint density at radius 2 is 1.90 bits per heavy atom. The van der Waals surface area contributed by atoms with Crippen molar-refractivity contribution in [1.29, 1.82) is 0 Å². The molecule has 0 amide bonds. The highest BCUT2D eigenvalue weighted by Gasteiger charge is 2.14. The van der Waals surface area contributed by atoms with Crippen molar-refractivity contribution in [2.45, 2.75) is 52.1 Å². The molecule has 0 radical (unpaired) electrons. The molecule has 0 aliphatic heterocycles. The summed E-state index contributed by atoms with van der Waals surface area (Å²) in [6.45, 7) is 8.48. The van der Waals surface area contributed by atoms with E-state index >= 15 is 0 Å². The fraction of sp³-hybridized carbons (Fsp3) is 0.647. The summed E-state index contributed by atoms with van der Waals surface area (Å²) in [4.78, 5) is 2.23.